The molecule has 0 aliphatic rings. The predicted molar refractivity (Wildman–Crippen MR) is 91.7 cm³/mol. The minimum Gasteiger partial charge on any atom is -0.484 e. The van der Waals surface area contributed by atoms with E-state index in [1.807, 2.05) is 0 Å². The zero-order valence-electron chi connectivity index (χ0n) is 12.4. The molecule has 0 fully saturated rings. The Balaban J connectivity index is 1.93. The zero-order valence-corrected chi connectivity index (χ0v) is 13.9. The molecular formula is C17H15Cl2NO3. The van der Waals surface area contributed by atoms with Gasteiger partial charge in [0.2, 0.25) is 0 Å². The maximum Gasteiger partial charge on any atom is 0.262 e. The Bertz CT molecular complexity index is 694. The van der Waals surface area contributed by atoms with E-state index in [-0.39, 0.29) is 18.3 Å². The molecule has 0 unspecified atom stereocenters. The third-order valence-electron chi connectivity index (χ3n) is 3.09. The van der Waals surface area contributed by atoms with Gasteiger partial charge >= 0.3 is 0 Å². The molecule has 0 saturated carbocycles. The van der Waals surface area contributed by atoms with Gasteiger partial charge in [-0.2, -0.15) is 0 Å². The van der Waals surface area contributed by atoms with Crippen LogP contribution >= 0.6 is 23.2 Å². The lowest BCUT2D eigenvalue weighted by molar-refractivity contribution is -0.118. The van der Waals surface area contributed by atoms with Crippen molar-refractivity contribution < 1.29 is 14.3 Å². The number of para-hydroxylation sites is 1. The SMILES string of the molecule is CCC(=O)c1ccc(OCC(=O)Nc2c(Cl)cccc2Cl)cc1. The molecule has 0 bridgehead atoms. The van der Waals surface area contributed by atoms with E-state index in [9.17, 15) is 9.59 Å². The van der Waals surface area contributed by atoms with Gasteiger partial charge in [0.15, 0.2) is 12.4 Å². The van der Waals surface area contributed by atoms with Gasteiger partial charge in [0.1, 0.15) is 5.75 Å². The first-order valence-corrected chi connectivity index (χ1v) is 7.76. The number of hydrogen-bond acceptors (Lipinski definition) is 3. The number of ether oxygens (including phenoxy) is 1. The highest BCUT2D eigenvalue weighted by Gasteiger charge is 2.10. The first kappa shape index (κ1) is 17.3. The second kappa shape index (κ2) is 7.99. The zero-order chi connectivity index (χ0) is 16.8. The lowest BCUT2D eigenvalue weighted by Crippen LogP contribution is -2.20. The summed E-state index contributed by atoms with van der Waals surface area (Å²) in [4.78, 5) is 23.4. The molecule has 0 aliphatic carbocycles. The lowest BCUT2D eigenvalue weighted by atomic mass is 10.1. The second-order valence-corrected chi connectivity index (χ2v) is 5.55. The number of anilines is 1. The van der Waals surface area contributed by atoms with Gasteiger partial charge in [-0.15, -0.1) is 0 Å². The number of benzene rings is 2. The number of ketones is 1. The van der Waals surface area contributed by atoms with E-state index in [1.165, 1.54) is 0 Å². The van der Waals surface area contributed by atoms with Gasteiger partial charge in [0.05, 0.1) is 15.7 Å². The van der Waals surface area contributed by atoms with Gasteiger partial charge in [-0.3, -0.25) is 9.59 Å². The van der Waals surface area contributed by atoms with Crippen LogP contribution in [0, 0.1) is 0 Å². The summed E-state index contributed by atoms with van der Waals surface area (Å²) in [6, 6.07) is 11.6. The molecule has 0 spiro atoms. The van der Waals surface area contributed by atoms with E-state index in [0.717, 1.165) is 0 Å². The fourth-order valence-electron chi connectivity index (χ4n) is 1.88. The van der Waals surface area contributed by atoms with Gasteiger partial charge in [-0.1, -0.05) is 36.2 Å². The summed E-state index contributed by atoms with van der Waals surface area (Å²) < 4.78 is 5.38. The number of rotatable bonds is 6. The van der Waals surface area contributed by atoms with Crippen LogP contribution in [0.1, 0.15) is 23.7 Å². The molecular weight excluding hydrogens is 337 g/mol. The molecule has 1 amide bonds. The molecule has 4 nitrogen and oxygen atoms in total. The van der Waals surface area contributed by atoms with Gasteiger partial charge < -0.3 is 10.1 Å². The summed E-state index contributed by atoms with van der Waals surface area (Å²) in [5.41, 5.74) is 0.973. The molecule has 2 aromatic rings. The number of halogens is 2. The van der Waals surface area contributed by atoms with Gasteiger partial charge in [0, 0.05) is 12.0 Å². The summed E-state index contributed by atoms with van der Waals surface area (Å²) in [6.45, 7) is 1.61. The van der Waals surface area contributed by atoms with E-state index in [0.29, 0.717) is 33.5 Å². The minimum absolute atomic E-state index is 0.0580. The second-order valence-electron chi connectivity index (χ2n) is 4.73. The Morgan fingerprint density at radius 3 is 2.22 bits per heavy atom. The standard InChI is InChI=1S/C17H15Cl2NO3/c1-2-15(21)11-6-8-12(9-7-11)23-10-16(22)20-17-13(18)4-3-5-14(17)19/h3-9H,2,10H2,1H3,(H,20,22). The van der Waals surface area contributed by atoms with Crippen LogP contribution in [0.5, 0.6) is 5.75 Å². The summed E-state index contributed by atoms with van der Waals surface area (Å²) in [6.07, 6.45) is 0.446. The molecule has 0 saturated heterocycles. The van der Waals surface area contributed by atoms with Crippen LogP contribution in [0.3, 0.4) is 0 Å². The molecule has 23 heavy (non-hydrogen) atoms. The Labute approximate surface area is 144 Å². The highest BCUT2D eigenvalue weighted by molar-refractivity contribution is 6.39. The first-order chi connectivity index (χ1) is 11.0. The average Bonchev–Trinajstić information content (AvgIpc) is 2.56. The van der Waals surface area contributed by atoms with Crippen molar-refractivity contribution in [1.29, 1.82) is 0 Å². The largest absolute Gasteiger partial charge is 0.484 e. The van der Waals surface area contributed by atoms with Crippen molar-refractivity contribution in [2.45, 2.75) is 13.3 Å². The third kappa shape index (κ3) is 4.71. The molecule has 1 N–H and O–H groups in total. The van der Waals surface area contributed by atoms with Crippen LogP contribution in [0.15, 0.2) is 42.5 Å². The van der Waals surface area contributed by atoms with E-state index in [1.54, 1.807) is 49.4 Å². The first-order valence-electron chi connectivity index (χ1n) is 7.01. The number of carbonyl (C=O) groups excluding carboxylic acids is 2. The third-order valence-corrected chi connectivity index (χ3v) is 3.72. The Hall–Kier alpha value is -2.04. The Morgan fingerprint density at radius 1 is 1.04 bits per heavy atom. The monoisotopic (exact) mass is 351 g/mol. The van der Waals surface area contributed by atoms with Crippen molar-refractivity contribution in [3.05, 3.63) is 58.1 Å². The molecule has 0 atom stereocenters. The Morgan fingerprint density at radius 2 is 1.65 bits per heavy atom. The van der Waals surface area contributed by atoms with Crippen molar-refractivity contribution in [2.75, 3.05) is 11.9 Å². The van der Waals surface area contributed by atoms with E-state index >= 15 is 0 Å². The van der Waals surface area contributed by atoms with Crippen LogP contribution in [0.25, 0.3) is 0 Å². The number of carbonyl (C=O) groups is 2. The van der Waals surface area contributed by atoms with Crippen LogP contribution in [-0.2, 0) is 4.79 Å². The molecule has 6 heteroatoms. The van der Waals surface area contributed by atoms with Gasteiger partial charge in [-0.25, -0.2) is 0 Å². The summed E-state index contributed by atoms with van der Waals surface area (Å²) in [7, 11) is 0. The fraction of sp³-hybridized carbons (Fsp3) is 0.176. The fourth-order valence-corrected chi connectivity index (χ4v) is 2.37. The maximum atomic E-state index is 11.9. The van der Waals surface area contributed by atoms with Gasteiger partial charge in [-0.05, 0) is 36.4 Å². The summed E-state index contributed by atoms with van der Waals surface area (Å²) in [5, 5.41) is 3.32. The number of Topliss-reactive ketones (excluding diaryl/α,β-unsaturated/α-hetero) is 1. The Kier molecular flexibility index (Phi) is 6.02. The molecule has 0 heterocycles. The van der Waals surface area contributed by atoms with Crippen molar-refractivity contribution >= 4 is 40.6 Å². The average molecular weight is 352 g/mol. The normalized spacial score (nSPS) is 10.2. The molecule has 0 aliphatic heterocycles. The van der Waals surface area contributed by atoms with Crippen LogP contribution in [0.4, 0.5) is 5.69 Å². The van der Waals surface area contributed by atoms with E-state index < -0.39 is 0 Å². The molecule has 120 valence electrons. The summed E-state index contributed by atoms with van der Waals surface area (Å²) >= 11 is 12.0. The maximum absolute atomic E-state index is 11.9. The summed E-state index contributed by atoms with van der Waals surface area (Å²) in [5.74, 6) is 0.175. The molecule has 2 rings (SSSR count). The van der Waals surface area contributed by atoms with Crippen LogP contribution < -0.4 is 10.1 Å². The quantitative estimate of drug-likeness (QED) is 0.773. The van der Waals surface area contributed by atoms with Gasteiger partial charge in [0.25, 0.3) is 5.91 Å². The molecule has 2 aromatic carbocycles. The number of nitrogens with one attached hydrogen (secondary N) is 1. The highest BCUT2D eigenvalue weighted by atomic mass is 35.5. The molecule has 0 aromatic heterocycles. The molecule has 0 radical (unpaired) electrons. The number of hydrogen-bond donors (Lipinski definition) is 1. The lowest BCUT2D eigenvalue weighted by Gasteiger charge is -2.10. The van der Waals surface area contributed by atoms with Crippen molar-refractivity contribution in [3.8, 4) is 5.75 Å². The van der Waals surface area contributed by atoms with E-state index in [2.05, 4.69) is 5.32 Å². The van der Waals surface area contributed by atoms with Crippen LogP contribution in [-0.4, -0.2) is 18.3 Å². The van der Waals surface area contributed by atoms with Crippen LogP contribution in [0.2, 0.25) is 10.0 Å². The van der Waals surface area contributed by atoms with E-state index in [4.69, 9.17) is 27.9 Å². The van der Waals surface area contributed by atoms with Crippen molar-refractivity contribution in [2.24, 2.45) is 0 Å². The topological polar surface area (TPSA) is 55.4 Å². The smallest absolute Gasteiger partial charge is 0.262 e. The minimum atomic E-state index is -0.381. The van der Waals surface area contributed by atoms with Crippen molar-refractivity contribution in [1.82, 2.24) is 0 Å². The van der Waals surface area contributed by atoms with Crippen molar-refractivity contribution in [3.63, 3.8) is 0 Å². The highest BCUT2D eigenvalue weighted by Crippen LogP contribution is 2.29. The number of amides is 1. The predicted octanol–water partition coefficient (Wildman–Crippen LogP) is 4.60.